The van der Waals surface area contributed by atoms with Crippen molar-refractivity contribution in [1.82, 2.24) is 19.6 Å². The Labute approximate surface area is 141 Å². The fraction of sp³-hybridized carbons (Fsp3) is 0.429. The zero-order valence-electron chi connectivity index (χ0n) is 13.1. The number of halogens is 1. The summed E-state index contributed by atoms with van der Waals surface area (Å²) in [5.74, 6) is -0.499. The number of nitrogens with zero attached hydrogens (tertiary/aromatic N) is 4. The number of rotatable bonds is 6. The Morgan fingerprint density at radius 2 is 2.09 bits per heavy atom. The van der Waals surface area contributed by atoms with Crippen molar-refractivity contribution < 1.29 is 14.3 Å². The van der Waals surface area contributed by atoms with Crippen LogP contribution in [0.1, 0.15) is 36.7 Å². The molecule has 0 spiro atoms. The van der Waals surface area contributed by atoms with Crippen LogP contribution in [0.4, 0.5) is 5.82 Å². The second-order valence-electron chi connectivity index (χ2n) is 4.80. The largest absolute Gasteiger partial charge is 0.462 e. The topological polar surface area (TPSA) is 91.0 Å². The quantitative estimate of drug-likeness (QED) is 0.771. The molecule has 1 N–H and O–H groups in total. The van der Waals surface area contributed by atoms with Crippen molar-refractivity contribution in [2.75, 3.05) is 11.9 Å². The number of carbonyl (C=O) groups excluding carboxylic acids is 2. The maximum atomic E-state index is 12.6. The predicted octanol–water partition coefficient (Wildman–Crippen LogP) is 2.15. The van der Waals surface area contributed by atoms with Crippen molar-refractivity contribution in [3.63, 3.8) is 0 Å². The Hall–Kier alpha value is -2.16. The molecule has 0 saturated carbocycles. The third kappa shape index (κ3) is 3.79. The molecule has 0 fully saturated rings. The molecule has 9 heteroatoms. The lowest BCUT2D eigenvalue weighted by molar-refractivity contribution is -0.119. The van der Waals surface area contributed by atoms with E-state index in [1.807, 2.05) is 6.92 Å². The van der Waals surface area contributed by atoms with Crippen LogP contribution in [-0.2, 0) is 16.6 Å². The molecule has 0 bridgehead atoms. The Morgan fingerprint density at radius 1 is 1.35 bits per heavy atom. The zero-order valence-corrected chi connectivity index (χ0v) is 14.7. The summed E-state index contributed by atoms with van der Waals surface area (Å²) in [4.78, 5) is 24.5. The van der Waals surface area contributed by atoms with Gasteiger partial charge in [0, 0.05) is 13.2 Å². The Bertz CT molecular complexity index is 709. The summed E-state index contributed by atoms with van der Waals surface area (Å²) in [6.45, 7) is 3.85. The summed E-state index contributed by atoms with van der Waals surface area (Å²) < 4.78 is 8.76. The van der Waals surface area contributed by atoms with Gasteiger partial charge in [0.2, 0.25) is 5.91 Å². The van der Waals surface area contributed by atoms with Gasteiger partial charge >= 0.3 is 5.97 Å². The lowest BCUT2D eigenvalue weighted by Crippen LogP contribution is -2.27. The summed E-state index contributed by atoms with van der Waals surface area (Å²) >= 11 is 3.31. The average molecular weight is 384 g/mol. The minimum atomic E-state index is -0.522. The molecule has 2 aromatic heterocycles. The summed E-state index contributed by atoms with van der Waals surface area (Å²) in [6.07, 6.45) is 5.26. The zero-order chi connectivity index (χ0) is 17.0. The van der Waals surface area contributed by atoms with Crippen molar-refractivity contribution in [2.24, 2.45) is 7.05 Å². The molecular weight excluding hydrogens is 366 g/mol. The molecule has 0 radical (unpaired) electrons. The molecule has 1 unspecified atom stereocenters. The van der Waals surface area contributed by atoms with Gasteiger partial charge in [-0.3, -0.25) is 14.2 Å². The van der Waals surface area contributed by atoms with Gasteiger partial charge in [0.25, 0.3) is 0 Å². The first kappa shape index (κ1) is 17.2. The van der Waals surface area contributed by atoms with E-state index in [2.05, 4.69) is 31.4 Å². The van der Waals surface area contributed by atoms with Crippen LogP contribution in [0.15, 0.2) is 23.1 Å². The number of nitrogens with one attached hydrogen (secondary N) is 1. The van der Waals surface area contributed by atoms with Gasteiger partial charge in [-0.15, -0.1) is 0 Å². The highest BCUT2D eigenvalue weighted by Gasteiger charge is 2.24. The minimum absolute atomic E-state index is 0.221. The van der Waals surface area contributed by atoms with Crippen LogP contribution in [0.5, 0.6) is 0 Å². The lowest BCUT2D eigenvalue weighted by atomic mass is 10.2. The van der Waals surface area contributed by atoms with E-state index in [4.69, 9.17) is 4.74 Å². The van der Waals surface area contributed by atoms with Crippen LogP contribution in [0.3, 0.4) is 0 Å². The number of hydrogen-bond donors (Lipinski definition) is 1. The normalized spacial score (nSPS) is 12.0. The number of amides is 1. The number of carbonyl (C=O) groups is 2. The van der Waals surface area contributed by atoms with Gasteiger partial charge < -0.3 is 10.1 Å². The van der Waals surface area contributed by atoms with E-state index in [-0.39, 0.29) is 18.1 Å². The number of aromatic nitrogens is 4. The highest BCUT2D eigenvalue weighted by atomic mass is 79.9. The molecule has 0 aliphatic carbocycles. The Kier molecular flexibility index (Phi) is 5.54. The first-order chi connectivity index (χ1) is 11.0. The second kappa shape index (κ2) is 7.40. The van der Waals surface area contributed by atoms with Gasteiger partial charge in [-0.1, -0.05) is 6.92 Å². The molecule has 0 aliphatic heterocycles. The molecule has 2 aromatic rings. The van der Waals surface area contributed by atoms with Crippen molar-refractivity contribution in [3.05, 3.63) is 28.6 Å². The van der Waals surface area contributed by atoms with E-state index < -0.39 is 12.0 Å². The number of esters is 1. The van der Waals surface area contributed by atoms with Crippen molar-refractivity contribution in [3.8, 4) is 0 Å². The van der Waals surface area contributed by atoms with Crippen molar-refractivity contribution in [2.45, 2.75) is 26.3 Å². The lowest BCUT2D eigenvalue weighted by Gasteiger charge is -2.16. The molecule has 124 valence electrons. The first-order valence-electron chi connectivity index (χ1n) is 7.17. The van der Waals surface area contributed by atoms with Gasteiger partial charge in [0.05, 0.1) is 23.5 Å². The standard InChI is InChI=1S/C14H18BrN5O3/c1-4-11(20-8-9(15)6-17-20)13(21)18-12-10(7-16-19(12)3)14(22)23-5-2/h6-8,11H,4-5H2,1-3H3,(H,18,21). The fourth-order valence-electron chi connectivity index (χ4n) is 2.12. The summed E-state index contributed by atoms with van der Waals surface area (Å²) in [5.41, 5.74) is 0.221. The molecule has 0 saturated heterocycles. The minimum Gasteiger partial charge on any atom is -0.462 e. The van der Waals surface area contributed by atoms with E-state index in [0.717, 1.165) is 4.47 Å². The maximum Gasteiger partial charge on any atom is 0.343 e. The van der Waals surface area contributed by atoms with Crippen molar-refractivity contribution >= 4 is 33.6 Å². The molecule has 1 atom stereocenters. The second-order valence-corrected chi connectivity index (χ2v) is 5.72. The van der Waals surface area contributed by atoms with Gasteiger partial charge in [0.15, 0.2) is 0 Å². The number of anilines is 1. The molecule has 1 amide bonds. The van der Waals surface area contributed by atoms with Gasteiger partial charge in [-0.05, 0) is 29.3 Å². The van der Waals surface area contributed by atoms with E-state index >= 15 is 0 Å². The van der Waals surface area contributed by atoms with Crippen molar-refractivity contribution in [1.29, 1.82) is 0 Å². The maximum absolute atomic E-state index is 12.6. The Balaban J connectivity index is 2.22. The molecular formula is C14H18BrN5O3. The van der Waals surface area contributed by atoms with Gasteiger partial charge in [0.1, 0.15) is 17.4 Å². The summed E-state index contributed by atoms with van der Waals surface area (Å²) in [6, 6.07) is -0.494. The summed E-state index contributed by atoms with van der Waals surface area (Å²) in [5, 5.41) is 10.9. The number of aryl methyl sites for hydroxylation is 1. The molecule has 23 heavy (non-hydrogen) atoms. The van der Waals surface area contributed by atoms with E-state index in [0.29, 0.717) is 12.2 Å². The van der Waals surface area contributed by atoms with Gasteiger partial charge in [-0.25, -0.2) is 4.79 Å². The fourth-order valence-corrected chi connectivity index (χ4v) is 2.42. The van der Waals surface area contributed by atoms with Crippen LogP contribution < -0.4 is 5.32 Å². The molecule has 2 rings (SSSR count). The highest BCUT2D eigenvalue weighted by molar-refractivity contribution is 9.10. The number of ether oxygens (including phenoxy) is 1. The first-order valence-corrected chi connectivity index (χ1v) is 7.96. The monoisotopic (exact) mass is 383 g/mol. The SMILES string of the molecule is CCOC(=O)c1cnn(C)c1NC(=O)C(CC)n1cc(Br)cn1. The third-order valence-corrected chi connectivity index (χ3v) is 3.66. The average Bonchev–Trinajstić information content (AvgIpc) is 3.08. The van der Waals surface area contributed by atoms with Crippen LogP contribution in [0.2, 0.25) is 0 Å². The van der Waals surface area contributed by atoms with Crippen LogP contribution in [0.25, 0.3) is 0 Å². The van der Waals surface area contributed by atoms with Crippen LogP contribution in [0, 0.1) is 0 Å². The Morgan fingerprint density at radius 3 is 2.65 bits per heavy atom. The molecule has 8 nitrogen and oxygen atoms in total. The summed E-state index contributed by atoms with van der Waals surface area (Å²) in [7, 11) is 1.64. The van der Waals surface area contributed by atoms with Crippen LogP contribution >= 0.6 is 15.9 Å². The van der Waals surface area contributed by atoms with Gasteiger partial charge in [-0.2, -0.15) is 10.2 Å². The predicted molar refractivity (Wildman–Crippen MR) is 87.0 cm³/mol. The highest BCUT2D eigenvalue weighted by Crippen LogP contribution is 2.20. The van der Waals surface area contributed by atoms with Crippen LogP contribution in [-0.4, -0.2) is 38.0 Å². The molecule has 0 aliphatic rings. The molecule has 0 aromatic carbocycles. The van der Waals surface area contributed by atoms with E-state index in [1.165, 1.54) is 10.9 Å². The molecule has 2 heterocycles. The smallest absolute Gasteiger partial charge is 0.343 e. The third-order valence-electron chi connectivity index (χ3n) is 3.25. The van der Waals surface area contributed by atoms with E-state index in [9.17, 15) is 9.59 Å². The number of hydrogen-bond acceptors (Lipinski definition) is 5. The van der Waals surface area contributed by atoms with E-state index in [1.54, 1.807) is 31.0 Å².